The highest BCUT2D eigenvalue weighted by Crippen LogP contribution is 2.25. The Morgan fingerprint density at radius 1 is 1.42 bits per heavy atom. The van der Waals surface area contributed by atoms with Gasteiger partial charge in [-0.15, -0.1) is 0 Å². The van der Waals surface area contributed by atoms with E-state index in [1.54, 1.807) is 7.11 Å². The van der Waals surface area contributed by atoms with Crippen LogP contribution in [0.5, 0.6) is 5.75 Å². The van der Waals surface area contributed by atoms with Crippen LogP contribution in [-0.2, 0) is 11.3 Å². The molecule has 5 heteroatoms. The topological polar surface area (TPSA) is 50.7 Å². The molecule has 108 valence electrons. The van der Waals surface area contributed by atoms with Gasteiger partial charge in [-0.25, -0.2) is 0 Å². The molecule has 1 rings (SSSR count). The summed E-state index contributed by atoms with van der Waals surface area (Å²) in [5.41, 5.74) is 1.10. The number of methoxy groups -OCH3 is 1. The second-order valence-corrected chi connectivity index (χ2v) is 4.94. The number of aliphatic hydroxyl groups excluding tert-OH is 1. The van der Waals surface area contributed by atoms with Crippen LogP contribution >= 0.6 is 11.6 Å². The molecule has 1 aromatic carbocycles. The van der Waals surface area contributed by atoms with Crippen molar-refractivity contribution in [3.8, 4) is 5.75 Å². The highest BCUT2D eigenvalue weighted by Gasteiger charge is 2.06. The van der Waals surface area contributed by atoms with Crippen molar-refractivity contribution in [3.63, 3.8) is 0 Å². The Labute approximate surface area is 119 Å². The minimum absolute atomic E-state index is 0.103. The zero-order valence-corrected chi connectivity index (χ0v) is 12.2. The van der Waals surface area contributed by atoms with Crippen molar-refractivity contribution in [2.45, 2.75) is 13.5 Å². The summed E-state index contributed by atoms with van der Waals surface area (Å²) in [4.78, 5) is 0. The van der Waals surface area contributed by atoms with Gasteiger partial charge in [-0.1, -0.05) is 24.6 Å². The van der Waals surface area contributed by atoms with E-state index >= 15 is 0 Å². The molecule has 0 aliphatic carbocycles. The SMILES string of the molecule is COCCNCc1ccc(OCC(C)CO)c(Cl)c1. The predicted molar refractivity (Wildman–Crippen MR) is 76.8 cm³/mol. The Morgan fingerprint density at radius 2 is 2.21 bits per heavy atom. The van der Waals surface area contributed by atoms with Crippen molar-refractivity contribution in [2.24, 2.45) is 5.92 Å². The highest BCUT2D eigenvalue weighted by atomic mass is 35.5. The second kappa shape index (κ2) is 9.15. The van der Waals surface area contributed by atoms with Crippen LogP contribution in [0.15, 0.2) is 18.2 Å². The average molecular weight is 288 g/mol. The zero-order valence-electron chi connectivity index (χ0n) is 11.5. The lowest BCUT2D eigenvalue weighted by Crippen LogP contribution is -2.18. The summed E-state index contributed by atoms with van der Waals surface area (Å²) in [5.74, 6) is 0.758. The van der Waals surface area contributed by atoms with E-state index in [-0.39, 0.29) is 12.5 Å². The van der Waals surface area contributed by atoms with Gasteiger partial charge in [-0.05, 0) is 17.7 Å². The number of nitrogens with one attached hydrogen (secondary N) is 1. The van der Waals surface area contributed by atoms with E-state index in [2.05, 4.69) is 5.32 Å². The molecule has 0 aliphatic rings. The van der Waals surface area contributed by atoms with E-state index in [9.17, 15) is 0 Å². The summed E-state index contributed by atoms with van der Waals surface area (Å²) in [6.45, 7) is 4.73. The van der Waals surface area contributed by atoms with Crippen LogP contribution in [-0.4, -0.2) is 38.6 Å². The van der Waals surface area contributed by atoms with E-state index in [4.69, 9.17) is 26.2 Å². The molecular formula is C14H22ClNO3. The second-order valence-electron chi connectivity index (χ2n) is 4.53. The largest absolute Gasteiger partial charge is 0.492 e. The first-order chi connectivity index (χ1) is 9.17. The number of rotatable bonds is 9. The predicted octanol–water partition coefficient (Wildman–Crippen LogP) is 2.08. The van der Waals surface area contributed by atoms with Crippen LogP contribution in [0.3, 0.4) is 0 Å². The molecule has 0 aliphatic heterocycles. The Bertz CT molecular complexity index is 374. The first-order valence-corrected chi connectivity index (χ1v) is 6.77. The third kappa shape index (κ3) is 6.25. The first-order valence-electron chi connectivity index (χ1n) is 6.39. The molecule has 0 amide bonds. The minimum atomic E-state index is 0.103. The molecule has 2 N–H and O–H groups in total. The van der Waals surface area contributed by atoms with Crippen molar-refractivity contribution in [3.05, 3.63) is 28.8 Å². The summed E-state index contributed by atoms with van der Waals surface area (Å²) in [6.07, 6.45) is 0. The number of ether oxygens (including phenoxy) is 2. The molecule has 0 saturated heterocycles. The molecule has 0 fully saturated rings. The molecule has 1 unspecified atom stereocenters. The lowest BCUT2D eigenvalue weighted by atomic mass is 10.2. The van der Waals surface area contributed by atoms with Gasteiger partial charge in [0.1, 0.15) is 5.75 Å². The van der Waals surface area contributed by atoms with Crippen LogP contribution in [0, 0.1) is 5.92 Å². The van der Waals surface area contributed by atoms with Gasteiger partial charge >= 0.3 is 0 Å². The van der Waals surface area contributed by atoms with E-state index in [1.807, 2.05) is 25.1 Å². The Morgan fingerprint density at radius 3 is 2.84 bits per heavy atom. The van der Waals surface area contributed by atoms with E-state index in [0.29, 0.717) is 24.0 Å². The molecule has 0 bridgehead atoms. The number of hydrogen-bond donors (Lipinski definition) is 2. The van der Waals surface area contributed by atoms with Crippen molar-refractivity contribution < 1.29 is 14.6 Å². The van der Waals surface area contributed by atoms with Crippen molar-refractivity contribution in [1.29, 1.82) is 0 Å². The van der Waals surface area contributed by atoms with Crippen LogP contribution in [0.2, 0.25) is 5.02 Å². The molecule has 1 aromatic rings. The summed E-state index contributed by atoms with van der Waals surface area (Å²) < 4.78 is 10.5. The van der Waals surface area contributed by atoms with E-state index in [0.717, 1.165) is 18.7 Å². The standard InChI is InChI=1S/C14H22ClNO3/c1-11(9-17)10-19-14-4-3-12(7-13(14)15)8-16-5-6-18-2/h3-4,7,11,16-17H,5-6,8-10H2,1-2H3. The molecule has 19 heavy (non-hydrogen) atoms. The van der Waals surface area contributed by atoms with Gasteiger partial charge in [0.05, 0.1) is 18.2 Å². The average Bonchev–Trinajstić information content (AvgIpc) is 2.42. The van der Waals surface area contributed by atoms with Gasteiger partial charge in [-0.3, -0.25) is 0 Å². The molecule has 1 atom stereocenters. The maximum Gasteiger partial charge on any atom is 0.137 e. The molecule has 0 saturated carbocycles. The Kier molecular flexibility index (Phi) is 7.82. The van der Waals surface area contributed by atoms with Crippen molar-refractivity contribution in [1.82, 2.24) is 5.32 Å². The van der Waals surface area contributed by atoms with Crippen molar-refractivity contribution in [2.75, 3.05) is 33.5 Å². The maximum atomic E-state index is 8.94. The van der Waals surface area contributed by atoms with Crippen LogP contribution < -0.4 is 10.1 Å². The monoisotopic (exact) mass is 287 g/mol. The molecular weight excluding hydrogens is 266 g/mol. The van der Waals surface area contributed by atoms with E-state index < -0.39 is 0 Å². The lowest BCUT2D eigenvalue weighted by Gasteiger charge is -2.12. The zero-order chi connectivity index (χ0) is 14.1. The quantitative estimate of drug-likeness (QED) is 0.683. The van der Waals surface area contributed by atoms with Crippen LogP contribution in [0.1, 0.15) is 12.5 Å². The lowest BCUT2D eigenvalue weighted by molar-refractivity contribution is 0.174. The minimum Gasteiger partial charge on any atom is -0.492 e. The fraction of sp³-hybridized carbons (Fsp3) is 0.571. The molecule has 0 spiro atoms. The Balaban J connectivity index is 2.45. The third-order valence-electron chi connectivity index (χ3n) is 2.64. The number of aliphatic hydroxyl groups is 1. The van der Waals surface area contributed by atoms with Crippen LogP contribution in [0.25, 0.3) is 0 Å². The molecule has 0 aromatic heterocycles. The van der Waals surface area contributed by atoms with Gasteiger partial charge in [0, 0.05) is 32.7 Å². The van der Waals surface area contributed by atoms with E-state index in [1.165, 1.54) is 0 Å². The normalized spacial score (nSPS) is 12.4. The maximum absolute atomic E-state index is 8.94. The fourth-order valence-corrected chi connectivity index (χ4v) is 1.72. The molecule has 0 radical (unpaired) electrons. The first kappa shape index (κ1) is 16.2. The van der Waals surface area contributed by atoms with Gasteiger partial charge in [0.25, 0.3) is 0 Å². The van der Waals surface area contributed by atoms with Crippen LogP contribution in [0.4, 0.5) is 0 Å². The highest BCUT2D eigenvalue weighted by molar-refractivity contribution is 6.32. The fourth-order valence-electron chi connectivity index (χ4n) is 1.46. The summed E-state index contributed by atoms with van der Waals surface area (Å²) in [6, 6.07) is 5.73. The third-order valence-corrected chi connectivity index (χ3v) is 2.94. The summed E-state index contributed by atoms with van der Waals surface area (Å²) >= 11 is 6.16. The van der Waals surface area contributed by atoms with Gasteiger partial charge in [0.2, 0.25) is 0 Å². The number of halogens is 1. The summed E-state index contributed by atoms with van der Waals surface area (Å²) in [7, 11) is 1.68. The number of benzene rings is 1. The van der Waals surface area contributed by atoms with Gasteiger partial charge in [0.15, 0.2) is 0 Å². The molecule has 4 nitrogen and oxygen atoms in total. The smallest absolute Gasteiger partial charge is 0.137 e. The number of hydrogen-bond acceptors (Lipinski definition) is 4. The van der Waals surface area contributed by atoms with Crippen molar-refractivity contribution >= 4 is 11.6 Å². The van der Waals surface area contributed by atoms with Gasteiger partial charge in [-0.2, -0.15) is 0 Å². The van der Waals surface area contributed by atoms with Gasteiger partial charge < -0.3 is 19.9 Å². The molecule has 0 heterocycles. The summed E-state index contributed by atoms with van der Waals surface area (Å²) in [5, 5.41) is 12.8. The Hall–Kier alpha value is -0.810.